The van der Waals surface area contributed by atoms with Crippen molar-refractivity contribution in [2.75, 3.05) is 33.5 Å². The molecule has 1 unspecified atom stereocenters. The predicted molar refractivity (Wildman–Crippen MR) is 58.2 cm³/mol. The van der Waals surface area contributed by atoms with Crippen LogP contribution in [-0.4, -0.2) is 39.5 Å². The summed E-state index contributed by atoms with van der Waals surface area (Å²) in [7, 11) is 1.67. The van der Waals surface area contributed by atoms with Crippen LogP contribution in [0.5, 0.6) is 0 Å². The molecular formula is C11H21NO2. The summed E-state index contributed by atoms with van der Waals surface area (Å²) in [5.74, 6) is 2.63. The van der Waals surface area contributed by atoms with E-state index in [1.807, 2.05) is 0 Å². The van der Waals surface area contributed by atoms with Gasteiger partial charge in [0.15, 0.2) is 0 Å². The second kappa shape index (κ2) is 10.5. The van der Waals surface area contributed by atoms with Crippen LogP contribution in [0, 0.1) is 12.3 Å². The highest BCUT2D eigenvalue weighted by atomic mass is 16.5. The van der Waals surface area contributed by atoms with Crippen LogP contribution in [0.15, 0.2) is 0 Å². The van der Waals surface area contributed by atoms with Gasteiger partial charge >= 0.3 is 0 Å². The highest BCUT2D eigenvalue weighted by Gasteiger charge is 1.97. The molecule has 0 heterocycles. The zero-order valence-electron chi connectivity index (χ0n) is 9.21. The average Bonchev–Trinajstić information content (AvgIpc) is 2.17. The molecule has 0 fully saturated rings. The van der Waals surface area contributed by atoms with Gasteiger partial charge in [0.1, 0.15) is 0 Å². The summed E-state index contributed by atoms with van der Waals surface area (Å²) in [5.41, 5.74) is 0. The normalized spacial score (nSPS) is 12.4. The van der Waals surface area contributed by atoms with Gasteiger partial charge in [0.05, 0.1) is 13.2 Å². The Balaban J connectivity index is 3.02. The van der Waals surface area contributed by atoms with E-state index < -0.39 is 0 Å². The first-order valence-corrected chi connectivity index (χ1v) is 5.04. The molecule has 0 aromatic rings. The Morgan fingerprint density at radius 1 is 1.36 bits per heavy atom. The fourth-order valence-electron chi connectivity index (χ4n) is 1.02. The van der Waals surface area contributed by atoms with Gasteiger partial charge in [0.2, 0.25) is 0 Å². The molecule has 0 amide bonds. The average molecular weight is 199 g/mol. The van der Waals surface area contributed by atoms with Gasteiger partial charge in [-0.05, 0) is 19.9 Å². The molecule has 3 nitrogen and oxygen atoms in total. The Morgan fingerprint density at radius 3 is 2.79 bits per heavy atom. The summed E-state index contributed by atoms with van der Waals surface area (Å²) in [6.45, 7) is 5.16. The van der Waals surface area contributed by atoms with E-state index in [1.165, 1.54) is 0 Å². The Kier molecular flexibility index (Phi) is 10.1. The molecule has 0 saturated heterocycles. The highest BCUT2D eigenvalue weighted by molar-refractivity contribution is 4.87. The van der Waals surface area contributed by atoms with E-state index in [-0.39, 0.29) is 0 Å². The molecular weight excluding hydrogens is 178 g/mol. The number of hydrogen-bond donors (Lipinski definition) is 1. The van der Waals surface area contributed by atoms with Gasteiger partial charge in [-0.2, -0.15) is 0 Å². The van der Waals surface area contributed by atoms with Crippen molar-refractivity contribution >= 4 is 0 Å². The minimum Gasteiger partial charge on any atom is -0.382 e. The third-order valence-corrected chi connectivity index (χ3v) is 1.81. The molecule has 0 spiro atoms. The second-order valence-electron chi connectivity index (χ2n) is 3.22. The Morgan fingerprint density at radius 2 is 2.14 bits per heavy atom. The lowest BCUT2D eigenvalue weighted by Gasteiger charge is -2.10. The topological polar surface area (TPSA) is 30.5 Å². The molecule has 0 saturated carbocycles. The SMILES string of the molecule is C#CCC(C)NCCCOCCOC. The summed E-state index contributed by atoms with van der Waals surface area (Å²) in [5, 5.41) is 3.32. The van der Waals surface area contributed by atoms with E-state index >= 15 is 0 Å². The molecule has 0 radical (unpaired) electrons. The van der Waals surface area contributed by atoms with E-state index in [2.05, 4.69) is 18.2 Å². The van der Waals surface area contributed by atoms with Crippen LogP contribution in [0.1, 0.15) is 19.8 Å². The van der Waals surface area contributed by atoms with E-state index in [0.717, 1.165) is 26.0 Å². The summed E-state index contributed by atoms with van der Waals surface area (Å²) in [6, 6.07) is 0.402. The maximum Gasteiger partial charge on any atom is 0.0700 e. The quantitative estimate of drug-likeness (QED) is 0.444. The van der Waals surface area contributed by atoms with Crippen molar-refractivity contribution in [3.05, 3.63) is 0 Å². The van der Waals surface area contributed by atoms with Gasteiger partial charge in [0, 0.05) is 26.2 Å². The fraction of sp³-hybridized carbons (Fsp3) is 0.818. The van der Waals surface area contributed by atoms with Crippen LogP contribution in [0.4, 0.5) is 0 Å². The molecule has 0 rings (SSSR count). The zero-order valence-corrected chi connectivity index (χ0v) is 9.21. The van der Waals surface area contributed by atoms with E-state index in [1.54, 1.807) is 7.11 Å². The van der Waals surface area contributed by atoms with Gasteiger partial charge in [-0.25, -0.2) is 0 Å². The van der Waals surface area contributed by atoms with Crippen LogP contribution in [0.3, 0.4) is 0 Å². The van der Waals surface area contributed by atoms with Crippen molar-refractivity contribution < 1.29 is 9.47 Å². The first-order chi connectivity index (χ1) is 6.81. The third kappa shape index (κ3) is 9.53. The van der Waals surface area contributed by atoms with Crippen LogP contribution < -0.4 is 5.32 Å². The smallest absolute Gasteiger partial charge is 0.0700 e. The minimum absolute atomic E-state index is 0.402. The van der Waals surface area contributed by atoms with Gasteiger partial charge in [0.25, 0.3) is 0 Å². The number of terminal acetylenes is 1. The summed E-state index contributed by atoms with van der Waals surface area (Å²) in [6.07, 6.45) is 6.98. The second-order valence-corrected chi connectivity index (χ2v) is 3.22. The van der Waals surface area contributed by atoms with Crippen molar-refractivity contribution in [1.29, 1.82) is 0 Å². The molecule has 0 aromatic heterocycles. The number of ether oxygens (including phenoxy) is 2. The van der Waals surface area contributed by atoms with Crippen LogP contribution >= 0.6 is 0 Å². The van der Waals surface area contributed by atoms with Crippen molar-refractivity contribution in [3.63, 3.8) is 0 Å². The Labute approximate surface area is 87.2 Å². The van der Waals surface area contributed by atoms with E-state index in [4.69, 9.17) is 15.9 Å². The van der Waals surface area contributed by atoms with Gasteiger partial charge in [-0.1, -0.05) is 0 Å². The lowest BCUT2D eigenvalue weighted by Crippen LogP contribution is -2.27. The fourth-order valence-corrected chi connectivity index (χ4v) is 1.02. The summed E-state index contributed by atoms with van der Waals surface area (Å²) in [4.78, 5) is 0. The molecule has 1 N–H and O–H groups in total. The van der Waals surface area contributed by atoms with Gasteiger partial charge < -0.3 is 14.8 Å². The molecule has 82 valence electrons. The maximum atomic E-state index is 5.31. The summed E-state index contributed by atoms with van der Waals surface area (Å²) >= 11 is 0. The number of methoxy groups -OCH3 is 1. The molecule has 0 aromatic carbocycles. The third-order valence-electron chi connectivity index (χ3n) is 1.81. The van der Waals surface area contributed by atoms with E-state index in [0.29, 0.717) is 19.3 Å². The molecule has 0 aliphatic rings. The highest BCUT2D eigenvalue weighted by Crippen LogP contribution is 1.88. The van der Waals surface area contributed by atoms with Crippen molar-refractivity contribution in [3.8, 4) is 12.3 Å². The lowest BCUT2D eigenvalue weighted by molar-refractivity contribution is 0.0693. The van der Waals surface area contributed by atoms with Crippen LogP contribution in [0.25, 0.3) is 0 Å². The zero-order chi connectivity index (χ0) is 10.6. The number of hydrogen-bond acceptors (Lipinski definition) is 3. The van der Waals surface area contributed by atoms with Gasteiger partial charge in [-0.3, -0.25) is 0 Å². The van der Waals surface area contributed by atoms with E-state index in [9.17, 15) is 0 Å². The molecule has 0 bridgehead atoms. The standard InChI is InChI=1S/C11H21NO2/c1-4-6-11(2)12-7-5-8-14-10-9-13-3/h1,11-12H,5-10H2,2-3H3. The van der Waals surface area contributed by atoms with Crippen LogP contribution in [0.2, 0.25) is 0 Å². The van der Waals surface area contributed by atoms with Crippen molar-refractivity contribution in [2.24, 2.45) is 0 Å². The lowest BCUT2D eigenvalue weighted by atomic mass is 10.2. The monoisotopic (exact) mass is 199 g/mol. The van der Waals surface area contributed by atoms with Crippen molar-refractivity contribution in [1.82, 2.24) is 5.32 Å². The molecule has 0 aliphatic carbocycles. The predicted octanol–water partition coefficient (Wildman–Crippen LogP) is 1.04. The molecule has 14 heavy (non-hydrogen) atoms. The largest absolute Gasteiger partial charge is 0.382 e. The van der Waals surface area contributed by atoms with Gasteiger partial charge in [-0.15, -0.1) is 12.3 Å². The minimum atomic E-state index is 0.402. The van der Waals surface area contributed by atoms with Crippen LogP contribution in [-0.2, 0) is 9.47 Å². The summed E-state index contributed by atoms with van der Waals surface area (Å²) < 4.78 is 10.2. The van der Waals surface area contributed by atoms with Crippen molar-refractivity contribution in [2.45, 2.75) is 25.8 Å². The first kappa shape index (κ1) is 13.4. The molecule has 1 atom stereocenters. The molecule has 3 heteroatoms. The Bertz CT molecular complexity index is 154. The molecule has 0 aliphatic heterocycles. The first-order valence-electron chi connectivity index (χ1n) is 5.04. The number of rotatable bonds is 9. The maximum absolute atomic E-state index is 5.31. The Hall–Kier alpha value is -0.560. The number of nitrogens with one attached hydrogen (secondary N) is 1.